The summed E-state index contributed by atoms with van der Waals surface area (Å²) in [6.07, 6.45) is 2.65. The zero-order valence-corrected chi connectivity index (χ0v) is 19.6. The maximum atomic E-state index is 13.1. The molecule has 180 valence electrons. The van der Waals surface area contributed by atoms with Crippen LogP contribution in [-0.4, -0.2) is 70.9 Å². The van der Waals surface area contributed by atoms with Crippen LogP contribution in [0.25, 0.3) is 0 Å². The van der Waals surface area contributed by atoms with Gasteiger partial charge in [0, 0.05) is 25.3 Å². The average molecular weight is 490 g/mol. The van der Waals surface area contributed by atoms with Crippen molar-refractivity contribution in [1.82, 2.24) is 25.3 Å². The molecule has 1 saturated heterocycles. The highest BCUT2D eigenvalue weighted by Gasteiger charge is 2.27. The van der Waals surface area contributed by atoms with Gasteiger partial charge in [0.05, 0.1) is 12.5 Å². The predicted molar refractivity (Wildman–Crippen MR) is 124 cm³/mol. The molecule has 1 aliphatic heterocycles. The van der Waals surface area contributed by atoms with E-state index >= 15 is 0 Å². The summed E-state index contributed by atoms with van der Waals surface area (Å²) >= 11 is 1.34. The number of halogens is 2. The topological polar surface area (TPSA) is 96.4 Å². The monoisotopic (exact) mass is 489 g/mol. The third-order valence-corrected chi connectivity index (χ3v) is 6.27. The number of likely N-dealkylation sites (N-methyl/N-ethyl adjacent to an activating group) is 1. The molecule has 2 atom stereocenters. The van der Waals surface area contributed by atoms with Crippen LogP contribution in [0.2, 0.25) is 0 Å². The van der Waals surface area contributed by atoms with Crippen molar-refractivity contribution in [2.24, 2.45) is 0 Å². The maximum Gasteiger partial charge on any atom is 0.387 e. The first-order valence-corrected chi connectivity index (χ1v) is 11.6. The molecule has 4 rings (SSSR count). The van der Waals surface area contributed by atoms with Crippen LogP contribution < -0.4 is 15.0 Å². The van der Waals surface area contributed by atoms with Crippen LogP contribution in [-0.2, 0) is 11.2 Å². The molecule has 3 aromatic rings. The molecule has 0 aliphatic carbocycles. The second-order valence-corrected chi connectivity index (χ2v) is 9.18. The summed E-state index contributed by atoms with van der Waals surface area (Å²) in [6, 6.07) is 9.56. The van der Waals surface area contributed by atoms with Crippen molar-refractivity contribution in [3.8, 4) is 5.75 Å². The van der Waals surface area contributed by atoms with E-state index in [1.165, 1.54) is 23.5 Å². The number of aromatic nitrogens is 4. The van der Waals surface area contributed by atoms with E-state index in [4.69, 9.17) is 0 Å². The number of benzene rings is 1. The van der Waals surface area contributed by atoms with Crippen LogP contribution in [0.1, 0.15) is 23.0 Å². The molecular formula is C22H25F2N7O2S. The molecule has 1 aromatic carbocycles. The van der Waals surface area contributed by atoms with Crippen LogP contribution >= 0.6 is 11.3 Å². The molecule has 0 spiro atoms. The molecular weight excluding hydrogens is 464 g/mol. The fraction of sp³-hybridized carbons (Fsp3) is 0.409. The number of rotatable bonds is 10. The molecule has 0 bridgehead atoms. The number of hydrogen-bond donors (Lipinski definition) is 1. The molecule has 1 aliphatic rings. The number of anilines is 2. The van der Waals surface area contributed by atoms with E-state index in [1.807, 2.05) is 12.1 Å². The van der Waals surface area contributed by atoms with E-state index in [1.54, 1.807) is 37.3 Å². The van der Waals surface area contributed by atoms with Gasteiger partial charge >= 0.3 is 6.61 Å². The van der Waals surface area contributed by atoms with E-state index in [9.17, 15) is 13.6 Å². The Labute approximate surface area is 199 Å². The van der Waals surface area contributed by atoms with Gasteiger partial charge in [-0.2, -0.15) is 13.9 Å². The zero-order chi connectivity index (χ0) is 24.1. The van der Waals surface area contributed by atoms with Gasteiger partial charge in [-0.25, -0.2) is 0 Å². The van der Waals surface area contributed by atoms with Crippen LogP contribution in [0.15, 0.2) is 42.6 Å². The summed E-state index contributed by atoms with van der Waals surface area (Å²) in [6.45, 7) is -1.30. The van der Waals surface area contributed by atoms with E-state index < -0.39 is 12.7 Å². The summed E-state index contributed by atoms with van der Waals surface area (Å²) in [5, 5.41) is 21.1. The Morgan fingerprint density at radius 2 is 2.12 bits per heavy atom. The van der Waals surface area contributed by atoms with Crippen molar-refractivity contribution >= 4 is 28.1 Å². The predicted octanol–water partition coefficient (Wildman–Crippen LogP) is 3.03. The van der Waals surface area contributed by atoms with Crippen molar-refractivity contribution in [3.63, 3.8) is 0 Å². The van der Waals surface area contributed by atoms with Crippen molar-refractivity contribution in [2.75, 3.05) is 37.4 Å². The highest BCUT2D eigenvalue weighted by Crippen LogP contribution is 2.27. The summed E-state index contributed by atoms with van der Waals surface area (Å²) in [5.74, 6) is 0.742. The number of Topliss-reactive ketones (excluding diaryl/α,β-unsaturated/α-hetero) is 1. The lowest BCUT2D eigenvalue weighted by Crippen LogP contribution is -2.29. The normalized spacial score (nSPS) is 16.8. The zero-order valence-electron chi connectivity index (χ0n) is 18.8. The van der Waals surface area contributed by atoms with Crippen LogP contribution in [0.3, 0.4) is 0 Å². The lowest BCUT2D eigenvalue weighted by Gasteiger charge is -2.23. The Hall–Kier alpha value is -3.25. The molecule has 0 unspecified atom stereocenters. The fourth-order valence-electron chi connectivity index (χ4n) is 3.98. The Morgan fingerprint density at radius 3 is 2.85 bits per heavy atom. The maximum absolute atomic E-state index is 13.1. The SMILES string of the molecule is CN(C)[C@H](C(=O)Cc1nnc(N[C@@H]2CCN(c3cccnn3)C2)s1)c1cccc(OC(F)F)c1. The van der Waals surface area contributed by atoms with Gasteiger partial charge in [0.25, 0.3) is 0 Å². The number of carbonyl (C=O) groups is 1. The minimum Gasteiger partial charge on any atom is -0.435 e. The lowest BCUT2D eigenvalue weighted by molar-refractivity contribution is -0.123. The second-order valence-electron chi connectivity index (χ2n) is 8.12. The third kappa shape index (κ3) is 6.00. The first-order valence-electron chi connectivity index (χ1n) is 10.7. The Bertz CT molecular complexity index is 1100. The smallest absolute Gasteiger partial charge is 0.387 e. The van der Waals surface area contributed by atoms with Crippen LogP contribution in [0.5, 0.6) is 5.75 Å². The molecule has 12 heteroatoms. The highest BCUT2D eigenvalue weighted by atomic mass is 32.1. The number of carbonyl (C=O) groups excluding carboxylic acids is 1. The van der Waals surface area contributed by atoms with Crippen molar-refractivity contribution in [3.05, 3.63) is 53.2 Å². The summed E-state index contributed by atoms with van der Waals surface area (Å²) in [7, 11) is 3.53. The number of alkyl halides is 2. The molecule has 2 aromatic heterocycles. The van der Waals surface area contributed by atoms with Crippen LogP contribution in [0, 0.1) is 0 Å². The number of nitrogens with zero attached hydrogens (tertiary/aromatic N) is 6. The van der Waals surface area contributed by atoms with Gasteiger partial charge in [0.15, 0.2) is 11.6 Å². The minimum atomic E-state index is -2.93. The molecule has 0 radical (unpaired) electrons. The molecule has 1 fully saturated rings. The highest BCUT2D eigenvalue weighted by molar-refractivity contribution is 7.15. The number of hydrogen-bond acceptors (Lipinski definition) is 10. The van der Waals surface area contributed by atoms with Gasteiger partial charge in [-0.3, -0.25) is 9.69 Å². The van der Waals surface area contributed by atoms with Gasteiger partial charge in [0.1, 0.15) is 10.8 Å². The number of nitrogens with one attached hydrogen (secondary N) is 1. The lowest BCUT2D eigenvalue weighted by atomic mass is 9.99. The fourth-order valence-corrected chi connectivity index (χ4v) is 4.81. The van der Waals surface area contributed by atoms with Gasteiger partial charge in [-0.05, 0) is 50.3 Å². The standard InChI is InChI=1S/C22H25F2N7O2S/c1-30(2)20(14-5-3-6-16(11-14)33-21(23)24)17(32)12-19-28-29-22(34-19)26-15-8-10-31(13-15)18-7-4-9-25-27-18/h3-7,9,11,15,20-21H,8,10,12-13H2,1-2H3,(H,26,29)/t15-,20+/m1/s1. The molecule has 3 heterocycles. The molecule has 34 heavy (non-hydrogen) atoms. The van der Waals surface area contributed by atoms with E-state index in [2.05, 4.69) is 35.3 Å². The Kier molecular flexibility index (Phi) is 7.58. The quantitative estimate of drug-likeness (QED) is 0.461. The molecule has 9 nitrogen and oxygen atoms in total. The van der Waals surface area contributed by atoms with Crippen molar-refractivity contribution < 1.29 is 18.3 Å². The second kappa shape index (κ2) is 10.8. The first-order chi connectivity index (χ1) is 16.4. The first kappa shape index (κ1) is 23.9. The van der Waals surface area contributed by atoms with Gasteiger partial charge in [-0.1, -0.05) is 23.5 Å². The average Bonchev–Trinajstić information content (AvgIpc) is 3.44. The summed E-state index contributed by atoms with van der Waals surface area (Å²) in [4.78, 5) is 17.0. The van der Waals surface area contributed by atoms with Gasteiger partial charge < -0.3 is 15.0 Å². The molecule has 0 amide bonds. The van der Waals surface area contributed by atoms with E-state index in [-0.39, 0.29) is 24.0 Å². The van der Waals surface area contributed by atoms with Crippen molar-refractivity contribution in [1.29, 1.82) is 0 Å². The largest absolute Gasteiger partial charge is 0.435 e. The summed E-state index contributed by atoms with van der Waals surface area (Å²) < 4.78 is 29.7. The third-order valence-electron chi connectivity index (χ3n) is 5.41. The minimum absolute atomic E-state index is 0.0154. The van der Waals surface area contributed by atoms with Crippen LogP contribution in [0.4, 0.5) is 19.7 Å². The number of ketones is 1. The summed E-state index contributed by atoms with van der Waals surface area (Å²) in [5.41, 5.74) is 0.575. The van der Waals surface area contributed by atoms with Crippen molar-refractivity contribution in [2.45, 2.75) is 31.5 Å². The van der Waals surface area contributed by atoms with E-state index in [0.717, 1.165) is 25.3 Å². The van der Waals surface area contributed by atoms with Gasteiger partial charge in [-0.15, -0.1) is 15.3 Å². The molecule has 0 saturated carbocycles. The van der Waals surface area contributed by atoms with Gasteiger partial charge in [0.2, 0.25) is 5.13 Å². The Morgan fingerprint density at radius 1 is 1.26 bits per heavy atom. The Balaban J connectivity index is 1.37. The number of ether oxygens (including phenoxy) is 1. The van der Waals surface area contributed by atoms with E-state index in [0.29, 0.717) is 15.7 Å². The molecule has 1 N–H and O–H groups in total.